The number of rotatable bonds is 3. The summed E-state index contributed by atoms with van der Waals surface area (Å²) >= 11 is 10.7. The second-order valence-electron chi connectivity index (χ2n) is 4.90. The maximum absolute atomic E-state index is 5.92. The molecule has 1 heterocycles. The third-order valence-corrected chi connectivity index (χ3v) is 5.17. The molecule has 0 radical (unpaired) electrons. The number of halogens is 3. The number of hydrogen-bond donors (Lipinski definition) is 1. The molecule has 0 atom stereocenters. The van der Waals surface area contributed by atoms with Crippen LogP contribution in [-0.2, 0) is 0 Å². The predicted molar refractivity (Wildman–Crippen MR) is 106 cm³/mol. The summed E-state index contributed by atoms with van der Waals surface area (Å²) in [6.45, 7) is 0. The van der Waals surface area contributed by atoms with Crippen molar-refractivity contribution in [1.29, 1.82) is 0 Å². The molecule has 0 saturated heterocycles. The van der Waals surface area contributed by atoms with Crippen LogP contribution < -0.4 is 15.2 Å². The molecule has 0 aliphatic carbocycles. The molecule has 0 aliphatic rings. The van der Waals surface area contributed by atoms with E-state index in [4.69, 9.17) is 15.2 Å². The van der Waals surface area contributed by atoms with Crippen molar-refractivity contribution in [2.45, 2.75) is 0 Å². The molecule has 8 heteroatoms. The summed E-state index contributed by atoms with van der Waals surface area (Å²) in [7, 11) is 3.17. The first kappa shape index (κ1) is 17.4. The minimum Gasteiger partial charge on any atom is -0.493 e. The first-order valence-corrected chi connectivity index (χ1v) is 9.16. The number of fused-ring (bicyclic) bond motifs is 1. The molecule has 3 rings (SSSR count). The van der Waals surface area contributed by atoms with Gasteiger partial charge in [0, 0.05) is 30.4 Å². The van der Waals surface area contributed by atoms with Crippen molar-refractivity contribution in [3.8, 4) is 22.8 Å². The Kier molecular flexibility index (Phi) is 4.98. The normalized spacial score (nSPS) is 10.9. The predicted octanol–water partition coefficient (Wildman–Crippen LogP) is 5.18. The van der Waals surface area contributed by atoms with Gasteiger partial charge in [0.1, 0.15) is 0 Å². The molecule has 0 bridgehead atoms. The number of aromatic nitrogens is 2. The Morgan fingerprint density at radius 3 is 2.04 bits per heavy atom. The van der Waals surface area contributed by atoms with Crippen LogP contribution in [0, 0.1) is 0 Å². The lowest BCUT2D eigenvalue weighted by atomic mass is 10.1. The minimum atomic E-state index is 0.187. The zero-order valence-electron chi connectivity index (χ0n) is 12.7. The Morgan fingerprint density at radius 1 is 0.875 bits per heavy atom. The second-order valence-corrected chi connectivity index (χ2v) is 7.52. The van der Waals surface area contributed by atoms with Gasteiger partial charge in [0.25, 0.3) is 0 Å². The molecule has 2 N–H and O–H groups in total. The Morgan fingerprint density at radius 2 is 1.46 bits per heavy atom. The van der Waals surface area contributed by atoms with Gasteiger partial charge in [0.2, 0.25) is 5.95 Å². The third kappa shape index (κ3) is 3.10. The van der Waals surface area contributed by atoms with Crippen molar-refractivity contribution in [3.05, 3.63) is 37.7 Å². The Balaban J connectivity index is 2.40. The Hall–Kier alpha value is -1.38. The van der Waals surface area contributed by atoms with Crippen LogP contribution in [0.1, 0.15) is 0 Å². The summed E-state index contributed by atoms with van der Waals surface area (Å²) in [5, 5.41) is 0.811. The quantitative estimate of drug-likeness (QED) is 0.518. The van der Waals surface area contributed by atoms with Gasteiger partial charge in [-0.05, 0) is 18.2 Å². The largest absolute Gasteiger partial charge is 0.493 e. The van der Waals surface area contributed by atoms with Gasteiger partial charge in [-0.3, -0.25) is 0 Å². The van der Waals surface area contributed by atoms with Gasteiger partial charge in [-0.1, -0.05) is 47.8 Å². The van der Waals surface area contributed by atoms with Crippen LogP contribution >= 0.6 is 47.8 Å². The molecule has 0 saturated carbocycles. The van der Waals surface area contributed by atoms with E-state index in [0.29, 0.717) is 22.7 Å². The lowest BCUT2D eigenvalue weighted by Crippen LogP contribution is -2.00. The van der Waals surface area contributed by atoms with Crippen molar-refractivity contribution >= 4 is 64.6 Å². The van der Waals surface area contributed by atoms with Crippen molar-refractivity contribution in [2.24, 2.45) is 0 Å². The smallest absolute Gasteiger partial charge is 0.221 e. The van der Waals surface area contributed by atoms with E-state index >= 15 is 0 Å². The van der Waals surface area contributed by atoms with Crippen LogP contribution in [0.2, 0.25) is 0 Å². The van der Waals surface area contributed by atoms with Crippen LogP contribution in [0.3, 0.4) is 0 Å². The zero-order valence-corrected chi connectivity index (χ0v) is 17.5. The number of nitrogens with two attached hydrogens (primary N) is 1. The number of benzene rings is 2. The number of anilines is 1. The molecule has 1 aromatic heterocycles. The SMILES string of the molecule is COc1cc2nc(N)nc(-c3c(Br)cc(Br)cc3Br)c2cc1OC. The van der Waals surface area contributed by atoms with Crippen LogP contribution in [0.15, 0.2) is 37.7 Å². The monoisotopic (exact) mass is 515 g/mol. The van der Waals surface area contributed by atoms with E-state index in [-0.39, 0.29) is 5.95 Å². The van der Waals surface area contributed by atoms with E-state index < -0.39 is 0 Å². The summed E-state index contributed by atoms with van der Waals surface area (Å²) in [5.41, 5.74) is 8.18. The van der Waals surface area contributed by atoms with E-state index in [9.17, 15) is 0 Å². The maximum atomic E-state index is 5.92. The molecule has 3 aromatic rings. The van der Waals surface area contributed by atoms with E-state index in [2.05, 4.69) is 57.8 Å². The zero-order chi connectivity index (χ0) is 17.4. The molecule has 0 fully saturated rings. The molecule has 124 valence electrons. The Bertz CT molecular complexity index is 924. The standard InChI is InChI=1S/C16H12Br3N3O2/c1-23-12-5-8-11(6-13(12)24-2)21-16(20)22-15(8)14-9(18)3-7(17)4-10(14)19/h3-6H,1-2H3,(H2,20,21,22). The fraction of sp³-hybridized carbons (Fsp3) is 0.125. The van der Waals surface area contributed by atoms with Gasteiger partial charge in [-0.15, -0.1) is 0 Å². The van der Waals surface area contributed by atoms with E-state index in [1.165, 1.54) is 0 Å². The lowest BCUT2D eigenvalue weighted by molar-refractivity contribution is 0.356. The molecule has 24 heavy (non-hydrogen) atoms. The first-order chi connectivity index (χ1) is 11.4. The highest BCUT2D eigenvalue weighted by molar-refractivity contribution is 9.11. The lowest BCUT2D eigenvalue weighted by Gasteiger charge is -2.14. The third-order valence-electron chi connectivity index (χ3n) is 3.46. The molecular weight excluding hydrogens is 506 g/mol. The van der Waals surface area contributed by atoms with E-state index in [1.54, 1.807) is 20.3 Å². The molecular formula is C16H12Br3N3O2. The molecule has 5 nitrogen and oxygen atoms in total. The molecule has 0 spiro atoms. The summed E-state index contributed by atoms with van der Waals surface area (Å²) in [5.74, 6) is 1.37. The number of nitrogen functional groups attached to an aromatic ring is 1. The fourth-order valence-electron chi connectivity index (χ4n) is 2.43. The minimum absolute atomic E-state index is 0.187. The summed E-state index contributed by atoms with van der Waals surface area (Å²) < 4.78 is 13.4. The number of methoxy groups -OCH3 is 2. The van der Waals surface area contributed by atoms with Gasteiger partial charge >= 0.3 is 0 Å². The summed E-state index contributed by atoms with van der Waals surface area (Å²) in [6.07, 6.45) is 0. The fourth-order valence-corrected chi connectivity index (χ4v) is 5.07. The average Bonchev–Trinajstić information content (AvgIpc) is 2.52. The van der Waals surface area contributed by atoms with Crippen LogP contribution in [0.5, 0.6) is 11.5 Å². The highest BCUT2D eigenvalue weighted by Crippen LogP contribution is 2.42. The van der Waals surface area contributed by atoms with Crippen molar-refractivity contribution in [2.75, 3.05) is 20.0 Å². The highest BCUT2D eigenvalue weighted by Gasteiger charge is 2.18. The van der Waals surface area contributed by atoms with Crippen molar-refractivity contribution in [3.63, 3.8) is 0 Å². The molecule has 0 amide bonds. The topological polar surface area (TPSA) is 70.3 Å². The molecule has 0 unspecified atom stereocenters. The van der Waals surface area contributed by atoms with Gasteiger partial charge in [0.15, 0.2) is 11.5 Å². The van der Waals surface area contributed by atoms with E-state index in [1.807, 2.05) is 18.2 Å². The van der Waals surface area contributed by atoms with Crippen LogP contribution in [-0.4, -0.2) is 24.2 Å². The molecule has 2 aromatic carbocycles. The molecule has 0 aliphatic heterocycles. The maximum Gasteiger partial charge on any atom is 0.221 e. The van der Waals surface area contributed by atoms with Crippen molar-refractivity contribution in [1.82, 2.24) is 9.97 Å². The van der Waals surface area contributed by atoms with Gasteiger partial charge < -0.3 is 15.2 Å². The van der Waals surface area contributed by atoms with Gasteiger partial charge in [0.05, 0.1) is 25.4 Å². The summed E-state index contributed by atoms with van der Waals surface area (Å²) in [6, 6.07) is 7.54. The van der Waals surface area contributed by atoms with Gasteiger partial charge in [-0.2, -0.15) is 0 Å². The van der Waals surface area contributed by atoms with Crippen molar-refractivity contribution < 1.29 is 9.47 Å². The van der Waals surface area contributed by atoms with Crippen LogP contribution in [0.4, 0.5) is 5.95 Å². The Labute approximate surface area is 164 Å². The number of ether oxygens (including phenoxy) is 2. The highest BCUT2D eigenvalue weighted by atomic mass is 79.9. The first-order valence-electron chi connectivity index (χ1n) is 6.78. The summed E-state index contributed by atoms with van der Waals surface area (Å²) in [4.78, 5) is 8.76. The van der Waals surface area contributed by atoms with Gasteiger partial charge in [-0.25, -0.2) is 9.97 Å². The number of hydrogen-bond acceptors (Lipinski definition) is 5. The van der Waals surface area contributed by atoms with E-state index in [0.717, 1.165) is 24.4 Å². The number of nitrogens with zero attached hydrogens (tertiary/aromatic N) is 2. The average molecular weight is 518 g/mol. The second kappa shape index (κ2) is 6.85. The van der Waals surface area contributed by atoms with Crippen LogP contribution in [0.25, 0.3) is 22.2 Å².